The molecule has 0 aromatic heterocycles. The summed E-state index contributed by atoms with van der Waals surface area (Å²) >= 11 is 1.84. The lowest BCUT2D eigenvalue weighted by molar-refractivity contribution is -0.115. The molecule has 0 heterocycles. The number of aryl methyl sites for hydroxylation is 2. The lowest BCUT2D eigenvalue weighted by Gasteiger charge is -2.24. The smallest absolute Gasteiger partial charge is 0.237 e. The highest BCUT2D eigenvalue weighted by Gasteiger charge is 2.21. The van der Waals surface area contributed by atoms with Gasteiger partial charge in [-0.25, -0.2) is 0 Å². The molecule has 20 heavy (non-hydrogen) atoms. The molecule has 1 aromatic carbocycles. The van der Waals surface area contributed by atoms with E-state index in [1.807, 2.05) is 30.8 Å². The number of nitrogens with one attached hydrogen (secondary N) is 1. The number of hydrogen-bond acceptors (Lipinski definition) is 2. The van der Waals surface area contributed by atoms with Gasteiger partial charge < -0.3 is 5.32 Å². The summed E-state index contributed by atoms with van der Waals surface area (Å²) in [5.41, 5.74) is 3.30. The predicted molar refractivity (Wildman–Crippen MR) is 88.5 cm³/mol. The number of anilines is 1. The molecule has 1 N–H and O–H groups in total. The molecule has 2 nitrogen and oxygen atoms in total. The van der Waals surface area contributed by atoms with Crippen molar-refractivity contribution in [2.24, 2.45) is 0 Å². The van der Waals surface area contributed by atoms with E-state index in [0.717, 1.165) is 5.69 Å². The molecule has 0 spiro atoms. The topological polar surface area (TPSA) is 29.1 Å². The van der Waals surface area contributed by atoms with Gasteiger partial charge in [0, 0.05) is 10.9 Å². The molecule has 1 amide bonds. The summed E-state index contributed by atoms with van der Waals surface area (Å²) in [5.74, 6) is 0.130. The van der Waals surface area contributed by atoms with Crippen LogP contribution in [0.2, 0.25) is 0 Å². The van der Waals surface area contributed by atoms with Crippen LogP contribution in [-0.2, 0) is 4.79 Å². The lowest BCUT2D eigenvalue weighted by Crippen LogP contribution is -2.25. The van der Waals surface area contributed by atoms with Gasteiger partial charge in [0.1, 0.15) is 0 Å². The number of hydrogen-bond donors (Lipinski definition) is 1. The Kier molecular flexibility index (Phi) is 5.53. The van der Waals surface area contributed by atoms with Crippen molar-refractivity contribution in [1.82, 2.24) is 0 Å². The Labute approximate surface area is 126 Å². The number of carbonyl (C=O) groups is 1. The molecule has 0 aliphatic heterocycles. The molecular weight excluding hydrogens is 266 g/mol. The Morgan fingerprint density at radius 1 is 1.15 bits per heavy atom. The van der Waals surface area contributed by atoms with Gasteiger partial charge in [0.05, 0.1) is 5.25 Å². The molecular formula is C17H25NOS. The van der Waals surface area contributed by atoms with E-state index in [9.17, 15) is 4.79 Å². The zero-order valence-electron chi connectivity index (χ0n) is 12.7. The fourth-order valence-corrected chi connectivity index (χ4v) is 4.21. The molecule has 1 saturated carbocycles. The van der Waals surface area contributed by atoms with Crippen LogP contribution in [0.1, 0.15) is 50.2 Å². The molecule has 1 atom stereocenters. The largest absolute Gasteiger partial charge is 0.325 e. The van der Waals surface area contributed by atoms with Crippen molar-refractivity contribution >= 4 is 23.4 Å². The van der Waals surface area contributed by atoms with E-state index in [1.165, 1.54) is 43.2 Å². The first-order valence-corrected chi connectivity index (χ1v) is 8.53. The van der Waals surface area contributed by atoms with Gasteiger partial charge in [0.15, 0.2) is 0 Å². The summed E-state index contributed by atoms with van der Waals surface area (Å²) in [6.45, 7) is 6.14. The van der Waals surface area contributed by atoms with Gasteiger partial charge in [0.25, 0.3) is 0 Å². The maximum Gasteiger partial charge on any atom is 0.237 e. The lowest BCUT2D eigenvalue weighted by atomic mass is 10.0. The molecule has 0 radical (unpaired) electrons. The van der Waals surface area contributed by atoms with Crippen LogP contribution >= 0.6 is 11.8 Å². The minimum Gasteiger partial charge on any atom is -0.325 e. The van der Waals surface area contributed by atoms with Crippen LogP contribution in [-0.4, -0.2) is 16.4 Å². The van der Waals surface area contributed by atoms with E-state index in [4.69, 9.17) is 0 Å². The van der Waals surface area contributed by atoms with E-state index in [-0.39, 0.29) is 11.2 Å². The van der Waals surface area contributed by atoms with Crippen LogP contribution in [0.5, 0.6) is 0 Å². The zero-order chi connectivity index (χ0) is 14.5. The van der Waals surface area contributed by atoms with Crippen molar-refractivity contribution in [3.63, 3.8) is 0 Å². The number of thioether (sulfide) groups is 1. The maximum atomic E-state index is 12.3. The first-order chi connectivity index (χ1) is 9.54. The molecule has 1 unspecified atom stereocenters. The zero-order valence-corrected chi connectivity index (χ0v) is 13.6. The molecule has 110 valence electrons. The second-order valence-corrected chi connectivity index (χ2v) is 7.55. The quantitative estimate of drug-likeness (QED) is 0.871. The molecule has 0 bridgehead atoms. The summed E-state index contributed by atoms with van der Waals surface area (Å²) in [7, 11) is 0. The molecule has 1 aliphatic carbocycles. The van der Waals surface area contributed by atoms with Gasteiger partial charge in [0.2, 0.25) is 5.91 Å². The minimum atomic E-state index is 0.0268. The molecule has 2 rings (SSSR count). The first-order valence-electron chi connectivity index (χ1n) is 7.59. The highest BCUT2D eigenvalue weighted by Crippen LogP contribution is 2.31. The van der Waals surface area contributed by atoms with Gasteiger partial charge in [-0.1, -0.05) is 25.3 Å². The van der Waals surface area contributed by atoms with E-state index >= 15 is 0 Å². The Bertz CT molecular complexity index is 446. The highest BCUT2D eigenvalue weighted by molar-refractivity contribution is 8.01. The standard InChI is InChI=1S/C17H25NOS/c1-12-9-13(2)11-15(10-12)18-17(19)14(3)20-16-7-5-4-6-8-16/h9-11,14,16H,4-8H2,1-3H3,(H,18,19). The summed E-state index contributed by atoms with van der Waals surface area (Å²) in [5, 5.41) is 3.75. The molecule has 0 saturated heterocycles. The second-order valence-electron chi connectivity index (χ2n) is 5.90. The van der Waals surface area contributed by atoms with Crippen molar-refractivity contribution in [2.45, 2.75) is 63.4 Å². The summed E-state index contributed by atoms with van der Waals surface area (Å²) in [6, 6.07) is 6.18. The molecule has 1 aliphatic rings. The molecule has 3 heteroatoms. The SMILES string of the molecule is Cc1cc(C)cc(NC(=O)C(C)SC2CCCCC2)c1. The van der Waals surface area contributed by atoms with Crippen LogP contribution in [0.15, 0.2) is 18.2 Å². The van der Waals surface area contributed by atoms with Crippen LogP contribution in [0.3, 0.4) is 0 Å². The van der Waals surface area contributed by atoms with Crippen molar-refractivity contribution in [3.8, 4) is 0 Å². The number of carbonyl (C=O) groups excluding carboxylic acids is 1. The van der Waals surface area contributed by atoms with E-state index in [1.54, 1.807) is 0 Å². The fraction of sp³-hybridized carbons (Fsp3) is 0.588. The van der Waals surface area contributed by atoms with Gasteiger partial charge in [-0.15, -0.1) is 11.8 Å². The Morgan fingerprint density at radius 3 is 2.35 bits per heavy atom. The van der Waals surface area contributed by atoms with Gasteiger partial charge in [-0.05, 0) is 56.9 Å². The van der Waals surface area contributed by atoms with Gasteiger partial charge in [-0.3, -0.25) is 4.79 Å². The summed E-state index contributed by atoms with van der Waals surface area (Å²) < 4.78 is 0. The number of amides is 1. The highest BCUT2D eigenvalue weighted by atomic mass is 32.2. The first kappa shape index (κ1) is 15.4. The van der Waals surface area contributed by atoms with E-state index in [2.05, 4.69) is 25.2 Å². The van der Waals surface area contributed by atoms with Crippen LogP contribution < -0.4 is 5.32 Å². The average Bonchev–Trinajstić information content (AvgIpc) is 2.38. The number of rotatable bonds is 4. The van der Waals surface area contributed by atoms with Crippen LogP contribution in [0, 0.1) is 13.8 Å². The number of benzene rings is 1. The summed E-state index contributed by atoms with van der Waals surface area (Å²) in [4.78, 5) is 12.3. The third-order valence-corrected chi connectivity index (χ3v) is 5.29. The Balaban J connectivity index is 1.89. The van der Waals surface area contributed by atoms with Gasteiger partial charge in [-0.2, -0.15) is 0 Å². The normalized spacial score (nSPS) is 17.8. The van der Waals surface area contributed by atoms with Crippen LogP contribution in [0.4, 0.5) is 5.69 Å². The summed E-state index contributed by atoms with van der Waals surface area (Å²) in [6.07, 6.45) is 6.55. The monoisotopic (exact) mass is 291 g/mol. The Morgan fingerprint density at radius 2 is 1.75 bits per heavy atom. The second kappa shape index (κ2) is 7.16. The van der Waals surface area contributed by atoms with Crippen molar-refractivity contribution in [3.05, 3.63) is 29.3 Å². The predicted octanol–water partition coefficient (Wildman–Crippen LogP) is 4.70. The third kappa shape index (κ3) is 4.55. The third-order valence-electron chi connectivity index (χ3n) is 3.81. The van der Waals surface area contributed by atoms with E-state index in [0.29, 0.717) is 5.25 Å². The van der Waals surface area contributed by atoms with Crippen LogP contribution in [0.25, 0.3) is 0 Å². The maximum absolute atomic E-state index is 12.3. The van der Waals surface area contributed by atoms with Crippen molar-refractivity contribution in [2.75, 3.05) is 5.32 Å². The average molecular weight is 291 g/mol. The van der Waals surface area contributed by atoms with E-state index < -0.39 is 0 Å². The Hall–Kier alpha value is -0.960. The van der Waals surface area contributed by atoms with Crippen molar-refractivity contribution < 1.29 is 4.79 Å². The minimum absolute atomic E-state index is 0.0268. The fourth-order valence-electron chi connectivity index (χ4n) is 2.84. The van der Waals surface area contributed by atoms with Gasteiger partial charge >= 0.3 is 0 Å². The molecule has 1 aromatic rings. The molecule has 1 fully saturated rings. The van der Waals surface area contributed by atoms with Crippen molar-refractivity contribution in [1.29, 1.82) is 0 Å².